The number of aromatic amines is 1. The van der Waals surface area contributed by atoms with Gasteiger partial charge in [0.05, 0.1) is 29.5 Å². The molecular formula is C23H29FN6. The van der Waals surface area contributed by atoms with Gasteiger partial charge in [0.15, 0.2) is 0 Å². The molecule has 2 aliphatic rings. The van der Waals surface area contributed by atoms with Crippen LogP contribution in [-0.4, -0.2) is 70.7 Å². The summed E-state index contributed by atoms with van der Waals surface area (Å²) >= 11 is 0. The smallest absolute Gasteiger partial charge is 0.122 e. The first-order valence-electron chi connectivity index (χ1n) is 10.8. The van der Waals surface area contributed by atoms with Crippen LogP contribution in [0.3, 0.4) is 0 Å². The zero-order valence-corrected chi connectivity index (χ0v) is 17.7. The summed E-state index contributed by atoms with van der Waals surface area (Å²) in [6.45, 7) is 7.45. The highest BCUT2D eigenvalue weighted by molar-refractivity contribution is 5.89. The van der Waals surface area contributed by atoms with E-state index in [2.05, 4.69) is 49.9 Å². The molecule has 7 heteroatoms. The molecule has 0 radical (unpaired) electrons. The summed E-state index contributed by atoms with van der Waals surface area (Å²) in [5.41, 5.74) is 5.13. The number of piperazine rings is 1. The average molecular weight is 409 g/mol. The molecule has 30 heavy (non-hydrogen) atoms. The Labute approximate surface area is 176 Å². The van der Waals surface area contributed by atoms with Gasteiger partial charge in [-0.05, 0) is 44.2 Å². The maximum absolute atomic E-state index is 14.8. The molecule has 2 atom stereocenters. The van der Waals surface area contributed by atoms with Gasteiger partial charge in [-0.3, -0.25) is 9.88 Å². The molecule has 4 heterocycles. The normalized spacial score (nSPS) is 23.5. The lowest BCUT2D eigenvalue weighted by atomic mass is 10.0. The van der Waals surface area contributed by atoms with E-state index in [0.29, 0.717) is 19.5 Å². The van der Waals surface area contributed by atoms with Crippen LogP contribution in [-0.2, 0) is 6.54 Å². The number of nitrogens with one attached hydrogen (secondary N) is 1. The number of nitrogens with zero attached hydrogens (tertiary/aromatic N) is 5. The molecule has 2 saturated heterocycles. The van der Waals surface area contributed by atoms with Crippen LogP contribution in [0.25, 0.3) is 11.0 Å². The van der Waals surface area contributed by atoms with Crippen molar-refractivity contribution in [3.8, 4) is 0 Å². The van der Waals surface area contributed by atoms with Crippen LogP contribution in [0.1, 0.15) is 29.5 Å². The highest BCUT2D eigenvalue weighted by atomic mass is 19.1. The van der Waals surface area contributed by atoms with Gasteiger partial charge in [-0.1, -0.05) is 12.1 Å². The fraction of sp³-hybridized carbons (Fsp3) is 0.478. The monoisotopic (exact) mass is 408 g/mol. The third-order valence-electron chi connectivity index (χ3n) is 6.50. The van der Waals surface area contributed by atoms with E-state index in [1.54, 1.807) is 6.20 Å². The number of benzene rings is 1. The number of alkyl halides is 1. The van der Waals surface area contributed by atoms with Gasteiger partial charge in [0.25, 0.3) is 0 Å². The van der Waals surface area contributed by atoms with Crippen molar-refractivity contribution in [2.24, 2.45) is 0 Å². The molecule has 6 nitrogen and oxygen atoms in total. The first-order chi connectivity index (χ1) is 14.6. The molecule has 1 aromatic carbocycles. The highest BCUT2D eigenvalue weighted by Gasteiger charge is 2.37. The molecule has 2 fully saturated rings. The van der Waals surface area contributed by atoms with Gasteiger partial charge in [0.2, 0.25) is 0 Å². The largest absolute Gasteiger partial charge is 0.367 e. The fourth-order valence-electron chi connectivity index (χ4n) is 4.78. The van der Waals surface area contributed by atoms with E-state index >= 15 is 0 Å². The number of fused-ring (bicyclic) bond motifs is 1. The molecule has 3 aromatic rings. The Balaban J connectivity index is 1.41. The van der Waals surface area contributed by atoms with Gasteiger partial charge in [0.1, 0.15) is 17.5 Å². The Morgan fingerprint density at radius 1 is 1.10 bits per heavy atom. The van der Waals surface area contributed by atoms with E-state index in [4.69, 9.17) is 4.98 Å². The summed E-state index contributed by atoms with van der Waals surface area (Å²) < 4.78 is 14.8. The van der Waals surface area contributed by atoms with Crippen LogP contribution in [0.15, 0.2) is 36.5 Å². The first-order valence-corrected chi connectivity index (χ1v) is 10.8. The fourth-order valence-corrected chi connectivity index (χ4v) is 4.78. The van der Waals surface area contributed by atoms with Crippen LogP contribution in [0.4, 0.5) is 10.1 Å². The van der Waals surface area contributed by atoms with Crippen molar-refractivity contribution in [1.29, 1.82) is 0 Å². The van der Waals surface area contributed by atoms with Gasteiger partial charge in [-0.25, -0.2) is 9.37 Å². The number of likely N-dealkylation sites (N-methyl/N-ethyl adjacent to an activating group) is 1. The van der Waals surface area contributed by atoms with Crippen LogP contribution in [0.5, 0.6) is 0 Å². The van der Waals surface area contributed by atoms with Crippen molar-refractivity contribution < 1.29 is 4.39 Å². The molecule has 2 aliphatic heterocycles. The summed E-state index contributed by atoms with van der Waals surface area (Å²) in [7, 11) is 2.17. The Kier molecular flexibility index (Phi) is 5.16. The van der Waals surface area contributed by atoms with Gasteiger partial charge in [-0.15, -0.1) is 0 Å². The number of hydrogen-bond donors (Lipinski definition) is 1. The third kappa shape index (κ3) is 3.56. The number of aryl methyl sites for hydroxylation is 1. The second-order valence-electron chi connectivity index (χ2n) is 8.57. The number of anilines is 1. The Morgan fingerprint density at radius 3 is 2.73 bits per heavy atom. The number of pyridine rings is 1. The van der Waals surface area contributed by atoms with E-state index < -0.39 is 6.17 Å². The summed E-state index contributed by atoms with van der Waals surface area (Å²) in [6, 6.07) is 9.93. The molecule has 0 saturated carbocycles. The molecule has 0 aliphatic carbocycles. The van der Waals surface area contributed by atoms with Crippen molar-refractivity contribution in [1.82, 2.24) is 24.8 Å². The zero-order chi connectivity index (χ0) is 20.7. The van der Waals surface area contributed by atoms with Crippen LogP contribution < -0.4 is 4.90 Å². The quantitative estimate of drug-likeness (QED) is 0.718. The van der Waals surface area contributed by atoms with Crippen molar-refractivity contribution in [3.05, 3.63) is 53.6 Å². The molecule has 0 unspecified atom stereocenters. The van der Waals surface area contributed by atoms with Gasteiger partial charge >= 0.3 is 0 Å². The number of aromatic nitrogens is 3. The van der Waals surface area contributed by atoms with Gasteiger partial charge in [0, 0.05) is 38.9 Å². The van der Waals surface area contributed by atoms with E-state index in [1.807, 2.05) is 19.1 Å². The number of imidazole rings is 1. The molecule has 0 amide bonds. The Morgan fingerprint density at radius 2 is 1.93 bits per heavy atom. The highest BCUT2D eigenvalue weighted by Crippen LogP contribution is 2.36. The minimum atomic E-state index is -0.899. The molecular weight excluding hydrogens is 379 g/mol. The van der Waals surface area contributed by atoms with E-state index in [1.165, 1.54) is 5.69 Å². The summed E-state index contributed by atoms with van der Waals surface area (Å²) in [6.07, 6.45) is 1.39. The number of halogens is 1. The number of likely N-dealkylation sites (tertiary alicyclic amines) is 1. The lowest BCUT2D eigenvalue weighted by molar-refractivity contribution is 0.181. The van der Waals surface area contributed by atoms with E-state index in [0.717, 1.165) is 54.3 Å². The predicted octanol–water partition coefficient (Wildman–Crippen LogP) is 3.30. The number of hydrogen-bond acceptors (Lipinski definition) is 5. The summed E-state index contributed by atoms with van der Waals surface area (Å²) in [4.78, 5) is 19.9. The maximum atomic E-state index is 14.8. The van der Waals surface area contributed by atoms with Crippen molar-refractivity contribution in [2.75, 3.05) is 44.7 Å². The molecule has 5 rings (SSSR count). The molecule has 0 bridgehead atoms. The zero-order valence-electron chi connectivity index (χ0n) is 17.7. The second kappa shape index (κ2) is 7.96. The van der Waals surface area contributed by atoms with Gasteiger partial charge in [-0.2, -0.15) is 0 Å². The predicted molar refractivity (Wildman–Crippen MR) is 117 cm³/mol. The summed E-state index contributed by atoms with van der Waals surface area (Å²) in [5, 5.41) is 0. The molecule has 0 spiro atoms. The topological polar surface area (TPSA) is 51.3 Å². The lowest BCUT2D eigenvalue weighted by Crippen LogP contribution is -2.44. The maximum Gasteiger partial charge on any atom is 0.122 e. The van der Waals surface area contributed by atoms with Gasteiger partial charge < -0.3 is 14.8 Å². The lowest BCUT2D eigenvalue weighted by Gasteiger charge is -2.34. The number of rotatable bonds is 4. The number of H-pyrrole nitrogens is 1. The average Bonchev–Trinajstić information content (AvgIpc) is 3.32. The Hall–Kier alpha value is -2.51. The Bertz CT molecular complexity index is 1030. The van der Waals surface area contributed by atoms with Crippen molar-refractivity contribution >= 4 is 16.7 Å². The first kappa shape index (κ1) is 19.5. The SMILES string of the molecule is Cc1cccnc1[C@H]1[C@@H](F)CCN1Cc1nc2c(N3CCN(C)CC3)cccc2[nH]1. The summed E-state index contributed by atoms with van der Waals surface area (Å²) in [5.74, 6) is 0.888. The second-order valence-corrected chi connectivity index (χ2v) is 8.57. The van der Waals surface area contributed by atoms with Crippen LogP contribution >= 0.6 is 0 Å². The van der Waals surface area contributed by atoms with E-state index in [-0.39, 0.29) is 6.04 Å². The minimum Gasteiger partial charge on any atom is -0.367 e. The molecule has 1 N–H and O–H groups in total. The third-order valence-corrected chi connectivity index (χ3v) is 6.50. The minimum absolute atomic E-state index is 0.309. The van der Waals surface area contributed by atoms with Crippen LogP contribution in [0, 0.1) is 6.92 Å². The van der Waals surface area contributed by atoms with Crippen LogP contribution in [0.2, 0.25) is 0 Å². The molecule has 2 aromatic heterocycles. The standard InChI is InChI=1S/C23H29FN6/c1-16-5-4-9-25-21(16)23-17(24)8-10-30(23)15-20-26-18-6-3-7-19(22(18)27-20)29-13-11-28(2)12-14-29/h3-7,9,17,23H,8,10-15H2,1-2H3,(H,26,27)/t17-,23+/m0/s1. The molecule has 158 valence electrons. The number of para-hydroxylation sites is 1. The van der Waals surface area contributed by atoms with E-state index in [9.17, 15) is 4.39 Å². The van der Waals surface area contributed by atoms with Crippen molar-refractivity contribution in [3.63, 3.8) is 0 Å². The van der Waals surface area contributed by atoms with Crippen molar-refractivity contribution in [2.45, 2.75) is 32.1 Å².